The molecule has 0 amide bonds. The molecule has 0 unspecified atom stereocenters. The first-order valence-corrected chi connectivity index (χ1v) is 4.24. The van der Waals surface area contributed by atoms with Gasteiger partial charge in [0.15, 0.2) is 0 Å². The van der Waals surface area contributed by atoms with E-state index in [4.69, 9.17) is 28.9 Å². The van der Waals surface area contributed by atoms with Gasteiger partial charge in [-0.3, -0.25) is 0 Å². The van der Waals surface area contributed by atoms with Crippen molar-refractivity contribution in [2.45, 2.75) is 6.10 Å². The highest BCUT2D eigenvalue weighted by Gasteiger charge is 2.06. The van der Waals surface area contributed by atoms with Crippen molar-refractivity contribution in [2.24, 2.45) is 5.73 Å². The van der Waals surface area contributed by atoms with E-state index in [-0.39, 0.29) is 19.0 Å². The molecule has 3 N–H and O–H groups in total. The lowest BCUT2D eigenvalue weighted by atomic mass is 10.1. The number of benzene rings is 1. The molecule has 1 aromatic carbocycles. The first-order valence-electron chi connectivity index (χ1n) is 3.48. The second kappa shape index (κ2) is 5.68. The van der Waals surface area contributed by atoms with Crippen molar-refractivity contribution in [3.63, 3.8) is 0 Å². The Morgan fingerprint density at radius 2 is 1.92 bits per heavy atom. The predicted molar refractivity (Wildman–Crippen MR) is 57.7 cm³/mol. The van der Waals surface area contributed by atoms with E-state index < -0.39 is 6.10 Å². The standard InChI is InChI=1S/C8H9Cl2NO.ClH/c9-6-2-1-5(3-7(6)10)8(12)4-11;/h1-3,8,12H,4,11H2;1H/t8-;/m0./s1. The summed E-state index contributed by atoms with van der Waals surface area (Å²) in [5, 5.41) is 10.2. The summed E-state index contributed by atoms with van der Waals surface area (Å²) >= 11 is 11.4. The lowest BCUT2D eigenvalue weighted by Crippen LogP contribution is -2.11. The zero-order valence-corrected chi connectivity index (χ0v) is 9.03. The van der Waals surface area contributed by atoms with E-state index in [1.165, 1.54) is 0 Å². The first kappa shape index (κ1) is 13.0. The largest absolute Gasteiger partial charge is 0.387 e. The number of aliphatic hydroxyl groups excluding tert-OH is 1. The molecular weight excluding hydrogens is 232 g/mol. The lowest BCUT2D eigenvalue weighted by Gasteiger charge is -2.08. The fourth-order valence-corrected chi connectivity index (χ4v) is 1.16. The number of rotatable bonds is 2. The van der Waals surface area contributed by atoms with Crippen LogP contribution in [-0.2, 0) is 0 Å². The third-order valence-electron chi connectivity index (χ3n) is 1.55. The molecular formula is C8H10Cl3NO. The summed E-state index contributed by atoms with van der Waals surface area (Å²) in [5.74, 6) is 0. The van der Waals surface area contributed by atoms with Gasteiger partial charge in [-0.1, -0.05) is 29.3 Å². The Balaban J connectivity index is 0.00000144. The van der Waals surface area contributed by atoms with Crippen molar-refractivity contribution in [2.75, 3.05) is 6.54 Å². The maximum absolute atomic E-state index is 9.32. The van der Waals surface area contributed by atoms with Gasteiger partial charge in [-0.2, -0.15) is 0 Å². The number of hydrogen-bond acceptors (Lipinski definition) is 2. The highest BCUT2D eigenvalue weighted by Crippen LogP contribution is 2.25. The van der Waals surface area contributed by atoms with E-state index in [9.17, 15) is 5.11 Å². The van der Waals surface area contributed by atoms with Gasteiger partial charge < -0.3 is 10.8 Å². The van der Waals surface area contributed by atoms with Crippen molar-refractivity contribution < 1.29 is 5.11 Å². The van der Waals surface area contributed by atoms with Gasteiger partial charge in [0.25, 0.3) is 0 Å². The van der Waals surface area contributed by atoms with Crippen molar-refractivity contribution in [3.8, 4) is 0 Å². The van der Waals surface area contributed by atoms with Crippen LogP contribution in [0.5, 0.6) is 0 Å². The third-order valence-corrected chi connectivity index (χ3v) is 2.29. The molecule has 0 saturated carbocycles. The highest BCUT2D eigenvalue weighted by molar-refractivity contribution is 6.42. The van der Waals surface area contributed by atoms with Gasteiger partial charge in [-0.25, -0.2) is 0 Å². The van der Waals surface area contributed by atoms with Gasteiger partial charge in [0.2, 0.25) is 0 Å². The zero-order chi connectivity index (χ0) is 9.14. The van der Waals surface area contributed by atoms with Crippen LogP contribution in [0.3, 0.4) is 0 Å². The van der Waals surface area contributed by atoms with E-state index in [2.05, 4.69) is 0 Å². The zero-order valence-electron chi connectivity index (χ0n) is 6.71. The molecule has 1 atom stereocenters. The molecule has 0 spiro atoms. The predicted octanol–water partition coefficient (Wildman–Crippen LogP) is 2.41. The minimum absolute atomic E-state index is 0. The average Bonchev–Trinajstić information content (AvgIpc) is 2.08. The van der Waals surface area contributed by atoms with Crippen LogP contribution in [0.2, 0.25) is 10.0 Å². The van der Waals surface area contributed by atoms with Crippen LogP contribution in [0.15, 0.2) is 18.2 Å². The lowest BCUT2D eigenvalue weighted by molar-refractivity contribution is 0.187. The van der Waals surface area contributed by atoms with E-state index in [0.29, 0.717) is 15.6 Å². The van der Waals surface area contributed by atoms with Crippen LogP contribution in [0.4, 0.5) is 0 Å². The molecule has 0 aliphatic carbocycles. The van der Waals surface area contributed by atoms with Gasteiger partial charge >= 0.3 is 0 Å². The second-order valence-electron chi connectivity index (χ2n) is 2.43. The van der Waals surface area contributed by atoms with Crippen molar-refractivity contribution in [1.82, 2.24) is 0 Å². The van der Waals surface area contributed by atoms with Gasteiger partial charge in [0.1, 0.15) is 0 Å². The number of halogens is 3. The molecule has 2 nitrogen and oxygen atoms in total. The summed E-state index contributed by atoms with van der Waals surface area (Å²) in [6, 6.07) is 4.95. The van der Waals surface area contributed by atoms with Crippen molar-refractivity contribution >= 4 is 35.6 Å². The normalized spacial score (nSPS) is 12.0. The van der Waals surface area contributed by atoms with Crippen LogP contribution in [0, 0.1) is 0 Å². The Hall–Kier alpha value is 0.01000. The number of hydrogen-bond donors (Lipinski definition) is 2. The Kier molecular flexibility index (Phi) is 5.68. The summed E-state index contributed by atoms with van der Waals surface area (Å²) in [7, 11) is 0. The number of nitrogens with two attached hydrogens (primary N) is 1. The van der Waals surface area contributed by atoms with Crippen LogP contribution < -0.4 is 5.73 Å². The molecule has 0 saturated heterocycles. The van der Waals surface area contributed by atoms with Gasteiger partial charge in [0.05, 0.1) is 16.1 Å². The van der Waals surface area contributed by atoms with Gasteiger partial charge in [-0.05, 0) is 17.7 Å². The Morgan fingerprint density at radius 3 is 2.38 bits per heavy atom. The highest BCUT2D eigenvalue weighted by atomic mass is 35.5. The molecule has 5 heteroatoms. The first-order chi connectivity index (χ1) is 5.65. The quantitative estimate of drug-likeness (QED) is 0.837. The second-order valence-corrected chi connectivity index (χ2v) is 3.24. The maximum Gasteiger partial charge on any atom is 0.0912 e. The fraction of sp³-hybridized carbons (Fsp3) is 0.250. The van der Waals surface area contributed by atoms with E-state index in [0.717, 1.165) is 0 Å². The van der Waals surface area contributed by atoms with Gasteiger partial charge in [0, 0.05) is 6.54 Å². The van der Waals surface area contributed by atoms with Gasteiger partial charge in [-0.15, -0.1) is 12.4 Å². The molecule has 0 bridgehead atoms. The molecule has 74 valence electrons. The SMILES string of the molecule is Cl.NC[C@H](O)c1ccc(Cl)c(Cl)c1. The molecule has 13 heavy (non-hydrogen) atoms. The van der Waals surface area contributed by atoms with Crippen LogP contribution in [0.1, 0.15) is 11.7 Å². The van der Waals surface area contributed by atoms with Crippen LogP contribution in [0.25, 0.3) is 0 Å². The Labute approximate surface area is 93.1 Å². The summed E-state index contributed by atoms with van der Waals surface area (Å²) < 4.78 is 0. The van der Waals surface area contributed by atoms with Crippen molar-refractivity contribution in [3.05, 3.63) is 33.8 Å². The van der Waals surface area contributed by atoms with Crippen molar-refractivity contribution in [1.29, 1.82) is 0 Å². The summed E-state index contributed by atoms with van der Waals surface area (Å²) in [4.78, 5) is 0. The van der Waals surface area contributed by atoms with E-state index in [1.54, 1.807) is 18.2 Å². The maximum atomic E-state index is 9.32. The molecule has 0 radical (unpaired) electrons. The third kappa shape index (κ3) is 3.33. The Bertz CT molecular complexity index is 280. The smallest absolute Gasteiger partial charge is 0.0912 e. The molecule has 0 heterocycles. The van der Waals surface area contributed by atoms with E-state index in [1.807, 2.05) is 0 Å². The molecule has 0 aliphatic heterocycles. The molecule has 1 rings (SSSR count). The molecule has 0 aromatic heterocycles. The Morgan fingerprint density at radius 1 is 1.31 bits per heavy atom. The molecule has 0 fully saturated rings. The summed E-state index contributed by atoms with van der Waals surface area (Å²) in [5.41, 5.74) is 5.95. The van der Waals surface area contributed by atoms with Crippen LogP contribution in [-0.4, -0.2) is 11.7 Å². The molecule has 0 aliphatic rings. The van der Waals surface area contributed by atoms with E-state index >= 15 is 0 Å². The fourth-order valence-electron chi connectivity index (χ4n) is 0.856. The summed E-state index contributed by atoms with van der Waals surface area (Å²) in [6.07, 6.45) is -0.667. The number of aliphatic hydroxyl groups is 1. The minimum Gasteiger partial charge on any atom is -0.387 e. The topological polar surface area (TPSA) is 46.2 Å². The van der Waals surface area contributed by atoms with Crippen LogP contribution >= 0.6 is 35.6 Å². The monoisotopic (exact) mass is 241 g/mol. The molecule has 1 aromatic rings. The minimum atomic E-state index is -0.667. The summed E-state index contributed by atoms with van der Waals surface area (Å²) in [6.45, 7) is 0.179. The average molecular weight is 243 g/mol.